The highest BCUT2D eigenvalue weighted by Gasteiger charge is 2.18. The van der Waals surface area contributed by atoms with Crippen LogP contribution in [0.25, 0.3) is 5.65 Å². The Kier molecular flexibility index (Phi) is 3.94. The van der Waals surface area contributed by atoms with Crippen molar-refractivity contribution < 1.29 is 4.79 Å². The van der Waals surface area contributed by atoms with Crippen molar-refractivity contribution in [2.24, 2.45) is 0 Å². The summed E-state index contributed by atoms with van der Waals surface area (Å²) < 4.78 is 2.69. The summed E-state index contributed by atoms with van der Waals surface area (Å²) in [6, 6.07) is 7.51. The Labute approximate surface area is 136 Å². The lowest BCUT2D eigenvalue weighted by atomic mass is 10.2. The van der Waals surface area contributed by atoms with Gasteiger partial charge in [-0.2, -0.15) is 0 Å². The quantitative estimate of drug-likeness (QED) is 0.777. The fourth-order valence-electron chi connectivity index (χ4n) is 2.31. The van der Waals surface area contributed by atoms with E-state index in [1.165, 1.54) is 0 Å². The molecule has 1 N–H and O–H groups in total. The number of aryl methyl sites for hydroxylation is 2. The Morgan fingerprint density at radius 2 is 2.18 bits per heavy atom. The van der Waals surface area contributed by atoms with Crippen LogP contribution in [0, 0.1) is 6.92 Å². The monoisotopic (exact) mass is 358 g/mol. The maximum atomic E-state index is 12.6. The number of carbonyl (C=O) groups is 1. The Morgan fingerprint density at radius 1 is 1.36 bits per heavy atom. The van der Waals surface area contributed by atoms with Crippen molar-refractivity contribution in [2.75, 3.05) is 5.32 Å². The molecule has 0 spiro atoms. The number of nitrogens with zero attached hydrogens (tertiary/aromatic N) is 3. The van der Waals surface area contributed by atoms with Gasteiger partial charge in [0.25, 0.3) is 5.91 Å². The molecule has 0 bridgehead atoms. The van der Waals surface area contributed by atoms with Gasteiger partial charge < -0.3 is 5.32 Å². The van der Waals surface area contributed by atoms with Crippen LogP contribution in [0.4, 0.5) is 5.82 Å². The van der Waals surface area contributed by atoms with Crippen LogP contribution in [0.1, 0.15) is 28.7 Å². The van der Waals surface area contributed by atoms with Gasteiger partial charge in [0.1, 0.15) is 17.2 Å². The smallest absolute Gasteiger partial charge is 0.275 e. The van der Waals surface area contributed by atoms with Crippen LogP contribution in [0.15, 0.2) is 41.1 Å². The fourth-order valence-corrected chi connectivity index (χ4v) is 2.54. The molecule has 0 unspecified atom stereocenters. The molecular formula is C16H15BrN4O. The number of aromatic nitrogens is 3. The minimum Gasteiger partial charge on any atom is -0.305 e. The molecule has 22 heavy (non-hydrogen) atoms. The Hall–Kier alpha value is -2.21. The number of rotatable bonds is 3. The molecule has 0 aromatic carbocycles. The number of carbonyl (C=O) groups excluding carboxylic acids is 1. The number of amides is 1. The second-order valence-electron chi connectivity index (χ2n) is 5.01. The van der Waals surface area contributed by atoms with Crippen molar-refractivity contribution in [3.05, 3.63) is 58.1 Å². The maximum absolute atomic E-state index is 12.6. The molecule has 0 saturated carbocycles. The number of nitrogens with one attached hydrogen (secondary N) is 1. The van der Waals surface area contributed by atoms with Crippen LogP contribution in [0.3, 0.4) is 0 Å². The molecule has 0 aliphatic carbocycles. The Bertz CT molecular complexity index is 839. The van der Waals surface area contributed by atoms with Crippen molar-refractivity contribution in [3.8, 4) is 0 Å². The molecule has 6 heteroatoms. The standard InChI is InChI=1S/C16H15BrN4O/c1-3-12-15(21-7-6-10(2)8-14(21)19-12)16(22)20-13-5-4-11(17)9-18-13/h4-9H,3H2,1-2H3,(H,18,20,22). The van der Waals surface area contributed by atoms with Gasteiger partial charge in [-0.15, -0.1) is 0 Å². The first-order valence-electron chi connectivity index (χ1n) is 6.99. The van der Waals surface area contributed by atoms with Gasteiger partial charge in [0.05, 0.1) is 5.69 Å². The largest absolute Gasteiger partial charge is 0.305 e. The van der Waals surface area contributed by atoms with E-state index in [0.29, 0.717) is 17.9 Å². The van der Waals surface area contributed by atoms with Gasteiger partial charge in [-0.1, -0.05) is 6.92 Å². The summed E-state index contributed by atoms with van der Waals surface area (Å²) in [5.74, 6) is 0.306. The van der Waals surface area contributed by atoms with Gasteiger partial charge in [0.2, 0.25) is 0 Å². The van der Waals surface area contributed by atoms with Crippen molar-refractivity contribution in [1.29, 1.82) is 0 Å². The molecule has 5 nitrogen and oxygen atoms in total. The van der Waals surface area contributed by atoms with E-state index >= 15 is 0 Å². The zero-order chi connectivity index (χ0) is 15.7. The molecule has 0 fully saturated rings. The predicted octanol–water partition coefficient (Wildman–Crippen LogP) is 3.61. The summed E-state index contributed by atoms with van der Waals surface area (Å²) in [6.45, 7) is 4.00. The molecule has 0 radical (unpaired) electrons. The highest BCUT2D eigenvalue weighted by atomic mass is 79.9. The molecule has 3 rings (SSSR count). The third-order valence-corrected chi connectivity index (χ3v) is 3.84. The Morgan fingerprint density at radius 3 is 2.86 bits per heavy atom. The number of hydrogen-bond donors (Lipinski definition) is 1. The normalized spacial score (nSPS) is 10.9. The highest BCUT2D eigenvalue weighted by molar-refractivity contribution is 9.10. The molecule has 112 valence electrons. The Balaban J connectivity index is 2.00. The van der Waals surface area contributed by atoms with Crippen molar-refractivity contribution in [3.63, 3.8) is 0 Å². The van der Waals surface area contributed by atoms with Crippen LogP contribution in [-0.2, 0) is 6.42 Å². The second kappa shape index (κ2) is 5.88. The first-order valence-corrected chi connectivity index (χ1v) is 7.78. The van der Waals surface area contributed by atoms with Gasteiger partial charge in [0, 0.05) is 16.9 Å². The van der Waals surface area contributed by atoms with E-state index in [2.05, 4.69) is 31.2 Å². The molecule has 1 amide bonds. The summed E-state index contributed by atoms with van der Waals surface area (Å²) in [6.07, 6.45) is 4.21. The topological polar surface area (TPSA) is 59.3 Å². The average molecular weight is 359 g/mol. The minimum absolute atomic E-state index is 0.206. The number of hydrogen-bond acceptors (Lipinski definition) is 3. The lowest BCUT2D eigenvalue weighted by molar-refractivity contribution is 0.102. The lowest BCUT2D eigenvalue weighted by Crippen LogP contribution is -2.17. The molecule has 0 aliphatic heterocycles. The SMILES string of the molecule is CCc1nc2cc(C)ccn2c1C(=O)Nc1ccc(Br)cn1. The van der Waals surface area contributed by atoms with Crippen LogP contribution < -0.4 is 5.32 Å². The predicted molar refractivity (Wildman–Crippen MR) is 89.2 cm³/mol. The van der Waals surface area contributed by atoms with Crippen LogP contribution in [0.2, 0.25) is 0 Å². The van der Waals surface area contributed by atoms with Crippen LogP contribution in [0.5, 0.6) is 0 Å². The second-order valence-corrected chi connectivity index (χ2v) is 5.92. The summed E-state index contributed by atoms with van der Waals surface area (Å²) >= 11 is 3.32. The molecule has 0 atom stereocenters. The first kappa shape index (κ1) is 14.7. The third-order valence-electron chi connectivity index (χ3n) is 3.37. The van der Waals surface area contributed by atoms with Crippen molar-refractivity contribution in [1.82, 2.24) is 14.4 Å². The number of anilines is 1. The van der Waals surface area contributed by atoms with Gasteiger partial charge in [-0.3, -0.25) is 9.20 Å². The molecule has 0 saturated heterocycles. The van der Waals surface area contributed by atoms with E-state index in [-0.39, 0.29) is 5.91 Å². The zero-order valence-corrected chi connectivity index (χ0v) is 13.9. The number of imidazole rings is 1. The fraction of sp³-hybridized carbons (Fsp3) is 0.188. The van der Waals surface area contributed by atoms with E-state index in [1.807, 2.05) is 42.6 Å². The summed E-state index contributed by atoms with van der Waals surface area (Å²) in [5, 5.41) is 2.82. The van der Waals surface area contributed by atoms with Gasteiger partial charge >= 0.3 is 0 Å². The summed E-state index contributed by atoms with van der Waals surface area (Å²) in [4.78, 5) is 21.3. The van der Waals surface area contributed by atoms with Gasteiger partial charge in [-0.05, 0) is 59.1 Å². The number of fused-ring (bicyclic) bond motifs is 1. The van der Waals surface area contributed by atoms with Crippen LogP contribution >= 0.6 is 15.9 Å². The lowest BCUT2D eigenvalue weighted by Gasteiger charge is -2.06. The van der Waals surface area contributed by atoms with E-state index in [4.69, 9.17) is 0 Å². The van der Waals surface area contributed by atoms with Crippen molar-refractivity contribution in [2.45, 2.75) is 20.3 Å². The zero-order valence-electron chi connectivity index (χ0n) is 12.3. The molecule has 3 heterocycles. The molecule has 0 aliphatic rings. The number of halogens is 1. The van der Waals surface area contributed by atoms with Gasteiger partial charge in [0.15, 0.2) is 0 Å². The minimum atomic E-state index is -0.206. The van der Waals surface area contributed by atoms with E-state index in [1.54, 1.807) is 12.3 Å². The summed E-state index contributed by atoms with van der Waals surface area (Å²) in [7, 11) is 0. The molecule has 3 aromatic heterocycles. The average Bonchev–Trinajstić information content (AvgIpc) is 2.87. The van der Waals surface area contributed by atoms with E-state index in [0.717, 1.165) is 21.4 Å². The molecular weight excluding hydrogens is 344 g/mol. The van der Waals surface area contributed by atoms with Gasteiger partial charge in [-0.25, -0.2) is 9.97 Å². The van der Waals surface area contributed by atoms with Crippen molar-refractivity contribution >= 4 is 33.3 Å². The number of pyridine rings is 2. The van der Waals surface area contributed by atoms with E-state index < -0.39 is 0 Å². The highest BCUT2D eigenvalue weighted by Crippen LogP contribution is 2.17. The van der Waals surface area contributed by atoms with E-state index in [9.17, 15) is 4.79 Å². The van der Waals surface area contributed by atoms with Crippen LogP contribution in [-0.4, -0.2) is 20.3 Å². The maximum Gasteiger partial charge on any atom is 0.275 e. The molecule has 3 aromatic rings. The third kappa shape index (κ3) is 2.74. The first-order chi connectivity index (χ1) is 10.6. The summed E-state index contributed by atoms with van der Waals surface area (Å²) in [5.41, 5.74) is 3.23.